The minimum absolute atomic E-state index is 1.69. The predicted molar refractivity (Wildman–Crippen MR) is 66.4 cm³/mol. The molecule has 0 saturated carbocycles. The number of alkyl halides is 24. The molecule has 0 aromatic heterocycles. The number of hydrogen-bond donors (Lipinski definition) is 0. The number of hydrogen-bond acceptors (Lipinski definition) is 3. The van der Waals surface area contributed by atoms with E-state index in [-0.39, 0.29) is 0 Å². The van der Waals surface area contributed by atoms with Gasteiger partial charge in [-0.1, -0.05) is 0 Å². The average molecular weight is 700 g/mol. The van der Waals surface area contributed by atoms with Gasteiger partial charge in [-0.25, -0.2) is 0 Å². The monoisotopic (exact) mass is 700 g/mol. The summed E-state index contributed by atoms with van der Waals surface area (Å²) in [5.74, 6) is 0. The van der Waals surface area contributed by atoms with Gasteiger partial charge in [0.15, 0.2) is 0 Å². The minimum atomic E-state index is -13.4. The third-order valence-electron chi connectivity index (χ3n) is 4.24. The SMILES string of the molecule is [O]=[Ti]([O]C(C(F)(F)F)C(F)(F)F)([O]C(C(F)(F)F)C(F)(F)F)([CH](C(F)(F)F)C(F)(F)F)[CH](C(F)(F)F)C(F)(F)F. The molecule has 28 heteroatoms. The Hall–Kier alpha value is -1.25. The maximum atomic E-state index is 13.3. The fourth-order valence-corrected chi connectivity index (χ4v) is 10.5. The molecule has 242 valence electrons. The second-order valence-electron chi connectivity index (χ2n) is 7.32. The summed E-state index contributed by atoms with van der Waals surface area (Å²) in [7, 11) is 0. The van der Waals surface area contributed by atoms with Gasteiger partial charge in [-0.3, -0.25) is 0 Å². The average Bonchev–Trinajstić information content (AvgIpc) is 2.48. The first-order valence-corrected chi connectivity index (χ1v) is 12.2. The van der Waals surface area contributed by atoms with Gasteiger partial charge < -0.3 is 0 Å². The Balaban J connectivity index is 8.92. The molecule has 0 spiro atoms. The molecule has 0 unspecified atom stereocenters. The Labute approximate surface area is 202 Å². The Bertz CT molecular complexity index is 802. The van der Waals surface area contributed by atoms with Crippen LogP contribution < -0.4 is 0 Å². The van der Waals surface area contributed by atoms with E-state index >= 15 is 0 Å². The zero-order valence-electron chi connectivity index (χ0n) is 17.1. The van der Waals surface area contributed by atoms with Crippen molar-refractivity contribution < 1.29 is 131 Å². The second kappa shape index (κ2) is 10.2. The third kappa shape index (κ3) is 8.41. The van der Waals surface area contributed by atoms with E-state index in [0.717, 1.165) is 0 Å². The summed E-state index contributed by atoms with van der Waals surface area (Å²) >= 11 is -13.4. The Morgan fingerprint density at radius 3 is 0.575 bits per heavy atom. The number of halogens is 24. The van der Waals surface area contributed by atoms with Crippen molar-refractivity contribution >= 4 is 0 Å². The van der Waals surface area contributed by atoms with Crippen LogP contribution >= 0.6 is 0 Å². The third-order valence-corrected chi connectivity index (χ3v) is 11.7. The molecule has 0 saturated heterocycles. The van der Waals surface area contributed by atoms with E-state index in [0.29, 0.717) is 0 Å². The van der Waals surface area contributed by atoms with E-state index in [2.05, 4.69) is 0 Å². The van der Waals surface area contributed by atoms with Gasteiger partial charge in [0.2, 0.25) is 0 Å². The molecule has 0 N–H and O–H groups in total. The first kappa shape index (κ1) is 38.8. The molecule has 0 aromatic carbocycles. The van der Waals surface area contributed by atoms with Crippen molar-refractivity contribution in [2.24, 2.45) is 0 Å². The molecule has 0 aliphatic heterocycles. The molecule has 0 aromatic rings. The molecule has 0 aliphatic carbocycles. The van der Waals surface area contributed by atoms with E-state index < -0.39 is 86.1 Å². The van der Waals surface area contributed by atoms with Crippen molar-refractivity contribution in [1.29, 1.82) is 0 Å². The summed E-state index contributed by atoms with van der Waals surface area (Å²) in [5, 5.41) is 0. The van der Waals surface area contributed by atoms with Crippen LogP contribution in [0.3, 0.4) is 0 Å². The van der Waals surface area contributed by atoms with Crippen LogP contribution in [0.4, 0.5) is 105 Å². The molecule has 3 nitrogen and oxygen atoms in total. The fraction of sp³-hybridized carbons (Fsp3) is 1.00. The number of rotatable bonds is 6. The van der Waals surface area contributed by atoms with Crippen molar-refractivity contribution in [3.05, 3.63) is 0 Å². The van der Waals surface area contributed by atoms with Crippen molar-refractivity contribution in [2.75, 3.05) is 0 Å². The first-order chi connectivity index (χ1) is 16.7. The predicted octanol–water partition coefficient (Wildman–Crippen LogP) is 8.70. The van der Waals surface area contributed by atoms with Crippen LogP contribution in [-0.4, -0.2) is 61.6 Å². The molecule has 0 fully saturated rings. The van der Waals surface area contributed by atoms with Crippen molar-refractivity contribution in [1.82, 2.24) is 0 Å². The maximum absolute atomic E-state index is 13.4. The van der Waals surface area contributed by atoms with Crippen molar-refractivity contribution in [3.63, 3.8) is 0 Å². The summed E-state index contributed by atoms with van der Waals surface area (Å²) in [4.78, 5) is 0. The molecular weight excluding hydrogens is 696 g/mol. The molecule has 0 rings (SSSR count). The molecule has 0 bridgehead atoms. The summed E-state index contributed by atoms with van der Waals surface area (Å²) in [6, 6.07) is 0. The standard InChI is InChI=1S/2C3HF6O.2C3HF6.O.Ti/c2*4-2(5,6)1(10)3(7,8)9;2*4-2(5,6)1-3(7,8)9;;/h2*1H;2*1H;;/q2*-1;;;;+2. The van der Waals surface area contributed by atoms with E-state index in [4.69, 9.17) is 0 Å². The van der Waals surface area contributed by atoms with Crippen LogP contribution in [0.1, 0.15) is 0 Å². The van der Waals surface area contributed by atoms with Crippen LogP contribution in [0.2, 0.25) is 8.45 Å². The quantitative estimate of drug-likeness (QED) is 0.206. The molecule has 40 heavy (non-hydrogen) atoms. The van der Waals surface area contributed by atoms with Gasteiger partial charge in [-0.2, -0.15) is 0 Å². The molecule has 0 atom stereocenters. The molecule has 0 aliphatic rings. The first-order valence-electron chi connectivity index (χ1n) is 8.51. The van der Waals surface area contributed by atoms with Gasteiger partial charge in [0.05, 0.1) is 0 Å². The molecule has 0 heterocycles. The summed E-state index contributed by atoms with van der Waals surface area (Å²) in [6.07, 6.45) is -79.4. The van der Waals surface area contributed by atoms with E-state index in [1.54, 1.807) is 6.64 Å². The van der Waals surface area contributed by atoms with Gasteiger partial charge in [-0.05, 0) is 0 Å². The van der Waals surface area contributed by atoms with E-state index in [1.807, 2.05) is 0 Å². The van der Waals surface area contributed by atoms with Crippen molar-refractivity contribution in [2.45, 2.75) is 70.1 Å². The Morgan fingerprint density at radius 2 is 0.475 bits per heavy atom. The van der Waals surface area contributed by atoms with Crippen LogP contribution in [0.25, 0.3) is 0 Å². The van der Waals surface area contributed by atoms with Gasteiger partial charge >= 0.3 is 201 Å². The molecular formula is C12H4F24O3Ti. The topological polar surface area (TPSA) is 35.5 Å². The normalized spacial score (nSPS) is 16.6. The van der Waals surface area contributed by atoms with Gasteiger partial charge in [0.25, 0.3) is 0 Å². The van der Waals surface area contributed by atoms with E-state index in [1.165, 1.54) is 0 Å². The Kier molecular flexibility index (Phi) is 9.87. The summed E-state index contributed by atoms with van der Waals surface area (Å²) < 4.78 is 315. The zero-order valence-corrected chi connectivity index (χ0v) is 18.7. The summed E-state index contributed by atoms with van der Waals surface area (Å²) in [6.45, 7) is 0. The zero-order chi connectivity index (χ0) is 33.2. The van der Waals surface area contributed by atoms with Crippen LogP contribution in [0, 0.1) is 0 Å². The van der Waals surface area contributed by atoms with Crippen LogP contribution in [0.15, 0.2) is 0 Å². The second-order valence-corrected chi connectivity index (χ2v) is 13.4. The van der Waals surface area contributed by atoms with Crippen LogP contribution in [0.5, 0.6) is 0 Å². The van der Waals surface area contributed by atoms with Gasteiger partial charge in [-0.15, -0.1) is 0 Å². The Morgan fingerprint density at radius 1 is 0.325 bits per heavy atom. The van der Waals surface area contributed by atoms with Crippen LogP contribution in [-0.2, 0) is 26.0 Å². The molecule has 0 amide bonds. The van der Waals surface area contributed by atoms with Gasteiger partial charge in [0, 0.05) is 0 Å². The van der Waals surface area contributed by atoms with Gasteiger partial charge in [0.1, 0.15) is 0 Å². The summed E-state index contributed by atoms with van der Waals surface area (Å²) in [5.41, 5.74) is 0. The fourth-order valence-electron chi connectivity index (χ4n) is 3.12. The van der Waals surface area contributed by atoms with E-state index in [9.17, 15) is 109 Å². The molecule has 0 radical (unpaired) electrons. The van der Waals surface area contributed by atoms with Crippen molar-refractivity contribution in [3.8, 4) is 0 Å².